The number of aromatic nitrogens is 4. The number of rotatable bonds is 5. The zero-order valence-corrected chi connectivity index (χ0v) is 17.9. The first-order valence-electron chi connectivity index (χ1n) is 8.48. The number of anilines is 2. The van der Waals surface area contributed by atoms with Crippen molar-refractivity contribution in [3.8, 4) is 11.5 Å². The minimum Gasteiger partial charge on any atom is -0.504 e. The lowest BCUT2D eigenvalue weighted by Gasteiger charge is -2.14. The van der Waals surface area contributed by atoms with Crippen LogP contribution < -0.4 is 15.9 Å². The monoisotopic (exact) mass is 507 g/mol. The van der Waals surface area contributed by atoms with Crippen molar-refractivity contribution >= 4 is 56.0 Å². The van der Waals surface area contributed by atoms with Gasteiger partial charge in [-0.15, -0.1) is 0 Å². The molecule has 0 aliphatic heterocycles. The van der Waals surface area contributed by atoms with Gasteiger partial charge in [0.1, 0.15) is 17.2 Å². The standard InChI is InChI=1S/C18H12BrClFN7O3/c1-30-12-5-7(19)4-9(15(12)29)13(26-22)14-16(25-18-17(24-14)27-31-28-18)23-8-2-3-11(21)10(20)6-8/h2-6,29H,22H2,1H3,(H,23,25,28). The Labute approximate surface area is 187 Å². The molecule has 0 spiro atoms. The molecule has 4 rings (SSSR count). The Morgan fingerprint density at radius 3 is 2.68 bits per heavy atom. The third-order valence-electron chi connectivity index (χ3n) is 4.16. The van der Waals surface area contributed by atoms with Crippen molar-refractivity contribution in [2.24, 2.45) is 10.9 Å². The first-order valence-corrected chi connectivity index (χ1v) is 9.66. The van der Waals surface area contributed by atoms with Crippen molar-refractivity contribution in [1.29, 1.82) is 0 Å². The van der Waals surface area contributed by atoms with E-state index in [1.54, 1.807) is 12.1 Å². The van der Waals surface area contributed by atoms with E-state index < -0.39 is 5.82 Å². The predicted octanol–water partition coefficient (Wildman–Crippen LogP) is 3.74. The molecule has 0 atom stereocenters. The number of hydrogen-bond acceptors (Lipinski definition) is 10. The third-order valence-corrected chi connectivity index (χ3v) is 4.91. The fourth-order valence-electron chi connectivity index (χ4n) is 2.77. The predicted molar refractivity (Wildman–Crippen MR) is 114 cm³/mol. The van der Waals surface area contributed by atoms with Crippen molar-refractivity contribution in [3.63, 3.8) is 0 Å². The molecular formula is C18H12BrClFN7O3. The molecule has 4 aromatic rings. The van der Waals surface area contributed by atoms with Gasteiger partial charge in [0.05, 0.1) is 17.7 Å². The van der Waals surface area contributed by atoms with Gasteiger partial charge in [-0.2, -0.15) is 5.10 Å². The Morgan fingerprint density at radius 2 is 2.00 bits per heavy atom. The van der Waals surface area contributed by atoms with Gasteiger partial charge in [0.25, 0.3) is 0 Å². The highest BCUT2D eigenvalue weighted by Crippen LogP contribution is 2.36. The van der Waals surface area contributed by atoms with Crippen molar-refractivity contribution in [2.75, 3.05) is 12.4 Å². The quantitative estimate of drug-likeness (QED) is 0.208. The summed E-state index contributed by atoms with van der Waals surface area (Å²) in [5, 5.41) is 24.7. The molecular weight excluding hydrogens is 497 g/mol. The largest absolute Gasteiger partial charge is 0.504 e. The number of nitrogens with zero attached hydrogens (tertiary/aromatic N) is 5. The summed E-state index contributed by atoms with van der Waals surface area (Å²) in [6.45, 7) is 0. The Morgan fingerprint density at radius 1 is 1.26 bits per heavy atom. The van der Waals surface area contributed by atoms with Gasteiger partial charge in [-0.1, -0.05) is 27.5 Å². The molecule has 0 aliphatic carbocycles. The number of hydrazone groups is 1. The number of aromatic hydroxyl groups is 1. The van der Waals surface area contributed by atoms with Crippen LogP contribution in [0.15, 0.2) is 44.5 Å². The van der Waals surface area contributed by atoms with E-state index in [0.717, 1.165) is 0 Å². The molecule has 2 aromatic heterocycles. The molecule has 4 N–H and O–H groups in total. The first kappa shape index (κ1) is 20.8. The van der Waals surface area contributed by atoms with E-state index in [-0.39, 0.29) is 50.6 Å². The van der Waals surface area contributed by atoms with Crippen LogP contribution in [-0.2, 0) is 0 Å². The van der Waals surface area contributed by atoms with Crippen LogP contribution in [0.25, 0.3) is 11.3 Å². The Hall–Kier alpha value is -3.51. The molecule has 0 fully saturated rings. The molecule has 10 nitrogen and oxygen atoms in total. The highest BCUT2D eigenvalue weighted by molar-refractivity contribution is 9.10. The molecule has 2 aromatic carbocycles. The number of phenolic OH excluding ortho intramolecular Hbond substituents is 1. The lowest BCUT2D eigenvalue weighted by atomic mass is 10.0. The number of ether oxygens (including phenoxy) is 1. The second-order valence-electron chi connectivity index (χ2n) is 6.07. The van der Waals surface area contributed by atoms with Gasteiger partial charge in [0, 0.05) is 10.2 Å². The van der Waals surface area contributed by atoms with Crippen molar-refractivity contribution in [1.82, 2.24) is 20.3 Å². The maximum atomic E-state index is 13.5. The highest BCUT2D eigenvalue weighted by atomic mass is 79.9. The summed E-state index contributed by atoms with van der Waals surface area (Å²) in [6.07, 6.45) is 0. The molecule has 0 saturated carbocycles. The normalized spacial score (nSPS) is 11.7. The highest BCUT2D eigenvalue weighted by Gasteiger charge is 2.23. The Balaban J connectivity index is 1.90. The average Bonchev–Trinajstić information content (AvgIpc) is 3.20. The van der Waals surface area contributed by atoms with Crippen molar-refractivity contribution in [3.05, 3.63) is 56.9 Å². The molecule has 0 unspecified atom stereocenters. The van der Waals surface area contributed by atoms with Gasteiger partial charge in [0.15, 0.2) is 17.3 Å². The van der Waals surface area contributed by atoms with Crippen LogP contribution in [0.3, 0.4) is 0 Å². The first-order chi connectivity index (χ1) is 14.9. The van der Waals surface area contributed by atoms with Gasteiger partial charge in [-0.25, -0.2) is 19.0 Å². The van der Waals surface area contributed by atoms with Crippen LogP contribution in [0.4, 0.5) is 15.9 Å². The molecule has 0 aliphatic rings. The minimum atomic E-state index is -0.579. The molecule has 13 heteroatoms. The van der Waals surface area contributed by atoms with E-state index >= 15 is 0 Å². The summed E-state index contributed by atoms with van der Waals surface area (Å²) in [5.41, 5.74) is 0.975. The summed E-state index contributed by atoms with van der Waals surface area (Å²) >= 11 is 9.22. The number of nitrogens with two attached hydrogens (primary N) is 1. The lowest BCUT2D eigenvalue weighted by Crippen LogP contribution is -2.14. The summed E-state index contributed by atoms with van der Waals surface area (Å²) < 4.78 is 24.0. The maximum absolute atomic E-state index is 13.5. The van der Waals surface area contributed by atoms with Gasteiger partial charge in [-0.3, -0.25) is 0 Å². The van der Waals surface area contributed by atoms with Crippen LogP contribution in [0, 0.1) is 5.82 Å². The van der Waals surface area contributed by atoms with Crippen molar-refractivity contribution < 1.29 is 18.9 Å². The molecule has 31 heavy (non-hydrogen) atoms. The van der Waals surface area contributed by atoms with Gasteiger partial charge in [0.2, 0.25) is 11.3 Å². The fraction of sp³-hybridized carbons (Fsp3) is 0.0556. The molecule has 158 valence electrons. The summed E-state index contributed by atoms with van der Waals surface area (Å²) in [5.74, 6) is 5.19. The minimum absolute atomic E-state index is 0.0604. The lowest BCUT2D eigenvalue weighted by molar-refractivity contribution is 0.314. The summed E-state index contributed by atoms with van der Waals surface area (Å²) in [7, 11) is 1.41. The number of benzene rings is 2. The van der Waals surface area contributed by atoms with Gasteiger partial charge in [-0.05, 0) is 40.6 Å². The number of methoxy groups -OCH3 is 1. The zero-order chi connectivity index (χ0) is 22.1. The number of nitrogens with one attached hydrogen (secondary N) is 1. The van der Waals surface area contributed by atoms with Crippen LogP contribution in [0.2, 0.25) is 5.02 Å². The van der Waals surface area contributed by atoms with E-state index in [0.29, 0.717) is 10.2 Å². The Kier molecular flexibility index (Phi) is 5.57. The van der Waals surface area contributed by atoms with Gasteiger partial charge < -0.3 is 21.0 Å². The second kappa shape index (κ2) is 8.32. The fourth-order valence-corrected chi connectivity index (χ4v) is 3.39. The molecule has 0 bridgehead atoms. The van der Waals surface area contributed by atoms with E-state index in [1.165, 1.54) is 25.3 Å². The smallest absolute Gasteiger partial charge is 0.245 e. The maximum Gasteiger partial charge on any atom is 0.245 e. The van der Waals surface area contributed by atoms with Crippen LogP contribution in [0.5, 0.6) is 11.5 Å². The number of halogens is 3. The number of fused-ring (bicyclic) bond motifs is 1. The van der Waals surface area contributed by atoms with Crippen molar-refractivity contribution in [2.45, 2.75) is 0 Å². The topological polar surface area (TPSA) is 145 Å². The SMILES string of the molecule is COc1cc(Br)cc(C(=NN)c2nc3nonc3nc2Nc2ccc(F)c(Cl)c2)c1O. The van der Waals surface area contributed by atoms with Crippen LogP contribution >= 0.6 is 27.5 Å². The molecule has 0 radical (unpaired) electrons. The average molecular weight is 509 g/mol. The van der Waals surface area contributed by atoms with E-state index in [4.69, 9.17) is 22.2 Å². The molecule has 0 saturated heterocycles. The van der Waals surface area contributed by atoms with E-state index in [1.807, 2.05) is 0 Å². The second-order valence-corrected chi connectivity index (χ2v) is 7.39. The van der Waals surface area contributed by atoms with E-state index in [9.17, 15) is 9.50 Å². The van der Waals surface area contributed by atoms with E-state index in [2.05, 4.69) is 51.3 Å². The molecule has 2 heterocycles. The zero-order valence-electron chi connectivity index (χ0n) is 15.6. The Bertz CT molecular complexity index is 1330. The third kappa shape index (κ3) is 3.94. The summed E-state index contributed by atoms with van der Waals surface area (Å²) in [6, 6.07) is 7.16. The summed E-state index contributed by atoms with van der Waals surface area (Å²) in [4.78, 5) is 8.70. The van der Waals surface area contributed by atoms with Crippen LogP contribution in [-0.4, -0.2) is 38.2 Å². The number of hydrogen-bond donors (Lipinski definition) is 3. The molecule has 0 amide bonds. The van der Waals surface area contributed by atoms with Gasteiger partial charge >= 0.3 is 0 Å². The van der Waals surface area contributed by atoms with Crippen LogP contribution in [0.1, 0.15) is 11.3 Å². The number of phenols is 1.